The number of hydrogen-bond donors (Lipinski definition) is 1. The highest BCUT2D eigenvalue weighted by molar-refractivity contribution is 7.91. The maximum atomic E-state index is 15.3. The standard InChI is InChI=1S/C23H17F5N2O3S/c1-2-34(31,32)14-9-7-13(8-10-14)11-19-29-17-12-16(24)20(21(25)22(17)30-19)15-5-3-4-6-18(15)33-23(26,27)28/h3-10,12H,2,11H2,1H3,(H,29,30). The zero-order chi connectivity index (χ0) is 24.7. The number of imidazole rings is 1. The molecule has 0 radical (unpaired) electrons. The summed E-state index contributed by atoms with van der Waals surface area (Å²) in [5, 5.41) is 0. The quantitative estimate of drug-likeness (QED) is 0.343. The van der Waals surface area contributed by atoms with Crippen molar-refractivity contribution in [1.29, 1.82) is 0 Å². The van der Waals surface area contributed by atoms with Crippen molar-refractivity contribution in [3.8, 4) is 16.9 Å². The summed E-state index contributed by atoms with van der Waals surface area (Å²) in [5.41, 5.74) is -0.667. The first kappa shape index (κ1) is 23.7. The molecule has 0 aliphatic rings. The first-order chi connectivity index (χ1) is 16.0. The summed E-state index contributed by atoms with van der Waals surface area (Å²) in [6, 6.07) is 11.7. The molecular formula is C23H17F5N2O3S. The zero-order valence-electron chi connectivity index (χ0n) is 17.6. The van der Waals surface area contributed by atoms with Gasteiger partial charge < -0.3 is 9.72 Å². The van der Waals surface area contributed by atoms with Crippen LogP contribution in [0.5, 0.6) is 5.75 Å². The third-order valence-corrected chi connectivity index (χ3v) is 6.88. The monoisotopic (exact) mass is 496 g/mol. The van der Waals surface area contributed by atoms with Crippen molar-refractivity contribution in [2.24, 2.45) is 0 Å². The minimum atomic E-state index is -5.04. The van der Waals surface area contributed by atoms with Gasteiger partial charge in [0.05, 0.1) is 21.7 Å². The number of benzene rings is 3. The second-order valence-corrected chi connectivity index (χ2v) is 9.67. The minimum Gasteiger partial charge on any atom is -0.405 e. The van der Waals surface area contributed by atoms with E-state index in [0.717, 1.165) is 18.2 Å². The highest BCUT2D eigenvalue weighted by Gasteiger charge is 2.33. The number of para-hydroxylation sites is 1. The van der Waals surface area contributed by atoms with Crippen LogP contribution in [-0.2, 0) is 16.3 Å². The Bertz CT molecular complexity index is 1460. The predicted octanol–water partition coefficient (Wildman–Crippen LogP) is 5.79. The molecule has 178 valence electrons. The fraction of sp³-hybridized carbons (Fsp3) is 0.174. The number of ether oxygens (including phenoxy) is 1. The Morgan fingerprint density at radius 2 is 1.71 bits per heavy atom. The molecule has 0 fully saturated rings. The number of alkyl halides is 3. The third kappa shape index (κ3) is 4.74. The van der Waals surface area contributed by atoms with Crippen LogP contribution in [0.4, 0.5) is 22.0 Å². The fourth-order valence-electron chi connectivity index (χ4n) is 3.52. The van der Waals surface area contributed by atoms with Crippen LogP contribution < -0.4 is 4.74 Å². The molecule has 0 amide bonds. The van der Waals surface area contributed by atoms with Crippen LogP contribution in [-0.4, -0.2) is 30.5 Å². The number of nitrogens with one attached hydrogen (secondary N) is 1. The maximum absolute atomic E-state index is 15.3. The molecule has 0 saturated carbocycles. The zero-order valence-corrected chi connectivity index (χ0v) is 18.4. The highest BCUT2D eigenvalue weighted by Crippen LogP contribution is 2.38. The Balaban J connectivity index is 1.71. The lowest BCUT2D eigenvalue weighted by atomic mass is 10.0. The van der Waals surface area contributed by atoms with Gasteiger partial charge in [0.25, 0.3) is 0 Å². The van der Waals surface area contributed by atoms with E-state index in [9.17, 15) is 26.0 Å². The molecule has 11 heteroatoms. The van der Waals surface area contributed by atoms with Gasteiger partial charge in [-0.1, -0.05) is 37.3 Å². The van der Waals surface area contributed by atoms with E-state index in [1.807, 2.05) is 0 Å². The van der Waals surface area contributed by atoms with Crippen molar-refractivity contribution in [1.82, 2.24) is 9.97 Å². The van der Waals surface area contributed by atoms with E-state index < -0.39 is 44.7 Å². The minimum absolute atomic E-state index is 0.0214. The fourth-order valence-corrected chi connectivity index (χ4v) is 4.41. The van der Waals surface area contributed by atoms with Crippen molar-refractivity contribution in [3.63, 3.8) is 0 Å². The molecule has 3 aromatic carbocycles. The van der Waals surface area contributed by atoms with Crippen molar-refractivity contribution in [3.05, 3.63) is 77.6 Å². The Kier molecular flexibility index (Phi) is 6.07. The van der Waals surface area contributed by atoms with Gasteiger partial charge in [-0.3, -0.25) is 0 Å². The van der Waals surface area contributed by atoms with E-state index in [4.69, 9.17) is 0 Å². The SMILES string of the molecule is CCS(=O)(=O)c1ccc(Cc2nc3c(F)c(-c4ccccc4OC(F)(F)F)c(F)cc3[nH]2)cc1. The number of rotatable bonds is 6. The molecule has 4 rings (SSSR count). The summed E-state index contributed by atoms with van der Waals surface area (Å²) in [6.07, 6.45) is -4.88. The summed E-state index contributed by atoms with van der Waals surface area (Å²) in [7, 11) is -3.36. The first-order valence-electron chi connectivity index (χ1n) is 10.0. The number of fused-ring (bicyclic) bond motifs is 1. The van der Waals surface area contributed by atoms with E-state index in [2.05, 4.69) is 14.7 Å². The molecule has 0 bridgehead atoms. The number of aromatic nitrogens is 2. The smallest absolute Gasteiger partial charge is 0.405 e. The third-order valence-electron chi connectivity index (χ3n) is 5.13. The number of halogens is 5. The molecule has 0 unspecified atom stereocenters. The number of H-pyrrole nitrogens is 1. The van der Waals surface area contributed by atoms with E-state index in [1.54, 1.807) is 12.1 Å². The molecule has 0 aliphatic heterocycles. The summed E-state index contributed by atoms with van der Waals surface area (Å²) in [5.74, 6) is -2.76. The van der Waals surface area contributed by atoms with E-state index in [0.29, 0.717) is 5.56 Å². The van der Waals surface area contributed by atoms with E-state index in [1.165, 1.54) is 31.2 Å². The van der Waals surface area contributed by atoms with Gasteiger partial charge in [0.1, 0.15) is 22.9 Å². The molecule has 34 heavy (non-hydrogen) atoms. The summed E-state index contributed by atoms with van der Waals surface area (Å²) >= 11 is 0. The van der Waals surface area contributed by atoms with Crippen LogP contribution in [0.2, 0.25) is 0 Å². The average molecular weight is 496 g/mol. The normalized spacial score (nSPS) is 12.3. The molecule has 4 aromatic rings. The number of hydrogen-bond acceptors (Lipinski definition) is 4. The largest absolute Gasteiger partial charge is 0.573 e. The molecule has 5 nitrogen and oxygen atoms in total. The van der Waals surface area contributed by atoms with Gasteiger partial charge in [0.15, 0.2) is 15.7 Å². The number of aromatic amines is 1. The molecule has 1 heterocycles. The average Bonchev–Trinajstić information content (AvgIpc) is 3.16. The maximum Gasteiger partial charge on any atom is 0.573 e. The van der Waals surface area contributed by atoms with E-state index >= 15 is 4.39 Å². The predicted molar refractivity (Wildman–Crippen MR) is 115 cm³/mol. The second-order valence-electron chi connectivity index (χ2n) is 7.40. The van der Waals surface area contributed by atoms with Gasteiger partial charge in [-0.2, -0.15) is 0 Å². The van der Waals surface area contributed by atoms with Crippen molar-refractivity contribution in [2.75, 3.05) is 5.75 Å². The molecular weight excluding hydrogens is 479 g/mol. The molecule has 1 N–H and O–H groups in total. The molecule has 0 atom stereocenters. The van der Waals surface area contributed by atoms with Gasteiger partial charge in [-0.25, -0.2) is 22.2 Å². The van der Waals surface area contributed by atoms with Gasteiger partial charge in [0, 0.05) is 18.1 Å². The van der Waals surface area contributed by atoms with Gasteiger partial charge in [0.2, 0.25) is 0 Å². The Morgan fingerprint density at radius 1 is 1.03 bits per heavy atom. The number of sulfone groups is 1. The molecule has 1 aromatic heterocycles. The van der Waals surface area contributed by atoms with Crippen LogP contribution in [0.25, 0.3) is 22.2 Å². The number of nitrogens with zero attached hydrogens (tertiary/aromatic N) is 1. The van der Waals surface area contributed by atoms with Gasteiger partial charge >= 0.3 is 6.36 Å². The molecule has 0 spiro atoms. The second kappa shape index (κ2) is 8.71. The topological polar surface area (TPSA) is 72.1 Å². The highest BCUT2D eigenvalue weighted by atomic mass is 32.2. The van der Waals surface area contributed by atoms with Crippen LogP contribution in [0.1, 0.15) is 18.3 Å². The Labute approximate surface area is 191 Å². The molecule has 0 saturated heterocycles. The van der Waals surface area contributed by atoms with Crippen LogP contribution in [0.3, 0.4) is 0 Å². The van der Waals surface area contributed by atoms with Crippen molar-refractivity contribution >= 4 is 20.9 Å². The van der Waals surface area contributed by atoms with E-state index in [-0.39, 0.29) is 33.9 Å². The van der Waals surface area contributed by atoms with Crippen molar-refractivity contribution < 1.29 is 35.1 Å². The van der Waals surface area contributed by atoms with Crippen LogP contribution in [0, 0.1) is 11.6 Å². The lowest BCUT2D eigenvalue weighted by Crippen LogP contribution is -2.17. The summed E-state index contributed by atoms with van der Waals surface area (Å²) < 4.78 is 96.2. The van der Waals surface area contributed by atoms with Crippen LogP contribution >= 0.6 is 0 Å². The molecule has 0 aliphatic carbocycles. The Hall–Kier alpha value is -3.47. The van der Waals surface area contributed by atoms with Crippen molar-refractivity contribution in [2.45, 2.75) is 24.6 Å². The van der Waals surface area contributed by atoms with Gasteiger partial charge in [-0.05, 0) is 23.8 Å². The van der Waals surface area contributed by atoms with Crippen LogP contribution in [0.15, 0.2) is 59.5 Å². The lowest BCUT2D eigenvalue weighted by molar-refractivity contribution is -0.274. The first-order valence-corrected chi connectivity index (χ1v) is 11.7. The summed E-state index contributed by atoms with van der Waals surface area (Å²) in [6.45, 7) is 1.53. The Morgan fingerprint density at radius 3 is 2.35 bits per heavy atom. The lowest BCUT2D eigenvalue weighted by Gasteiger charge is -2.14. The summed E-state index contributed by atoms with van der Waals surface area (Å²) in [4.78, 5) is 7.11. The van der Waals surface area contributed by atoms with Gasteiger partial charge in [-0.15, -0.1) is 13.2 Å².